The molecule has 1 aromatic rings. The van der Waals surface area contributed by atoms with Crippen molar-refractivity contribution in [3.05, 3.63) is 24.0 Å². The van der Waals surface area contributed by atoms with Crippen LogP contribution in [-0.4, -0.2) is 23.1 Å². The van der Waals surface area contributed by atoms with Crippen LogP contribution in [0.25, 0.3) is 0 Å². The molecule has 0 saturated carbocycles. The van der Waals surface area contributed by atoms with Crippen molar-refractivity contribution in [2.24, 2.45) is 0 Å². The molecule has 0 aliphatic rings. The SMILES string of the molecule is C=C(C)CCOc1cc(NCC)nc(CCC)n1. The first-order chi connectivity index (χ1) is 8.65. The lowest BCUT2D eigenvalue weighted by Gasteiger charge is -2.09. The van der Waals surface area contributed by atoms with Crippen molar-refractivity contribution in [3.63, 3.8) is 0 Å². The van der Waals surface area contributed by atoms with E-state index in [1.165, 1.54) is 0 Å². The van der Waals surface area contributed by atoms with E-state index >= 15 is 0 Å². The quantitative estimate of drug-likeness (QED) is 0.719. The molecule has 100 valence electrons. The van der Waals surface area contributed by atoms with E-state index in [4.69, 9.17) is 4.74 Å². The van der Waals surface area contributed by atoms with Gasteiger partial charge in [0.15, 0.2) is 0 Å². The highest BCUT2D eigenvalue weighted by Crippen LogP contribution is 2.15. The van der Waals surface area contributed by atoms with Crippen LogP contribution in [-0.2, 0) is 6.42 Å². The van der Waals surface area contributed by atoms with Crippen molar-refractivity contribution in [1.29, 1.82) is 0 Å². The normalized spacial score (nSPS) is 10.2. The summed E-state index contributed by atoms with van der Waals surface area (Å²) in [6, 6.07) is 1.85. The third kappa shape index (κ3) is 5.17. The number of nitrogens with one attached hydrogen (secondary N) is 1. The lowest BCUT2D eigenvalue weighted by atomic mass is 10.3. The minimum atomic E-state index is 0.615. The Labute approximate surface area is 109 Å². The average Bonchev–Trinajstić information content (AvgIpc) is 2.29. The molecule has 0 aliphatic carbocycles. The standard InChI is InChI=1S/C14H23N3O/c1-5-7-12-16-13(15-6-2)10-14(17-12)18-9-8-11(3)4/h10H,3,5-9H2,1-2,4H3,(H,15,16,17). The van der Waals surface area contributed by atoms with Gasteiger partial charge in [-0.3, -0.25) is 0 Å². The van der Waals surface area contributed by atoms with E-state index in [9.17, 15) is 0 Å². The smallest absolute Gasteiger partial charge is 0.218 e. The van der Waals surface area contributed by atoms with Crippen LogP contribution >= 0.6 is 0 Å². The fourth-order valence-corrected chi connectivity index (χ4v) is 1.48. The molecule has 0 unspecified atom stereocenters. The summed E-state index contributed by atoms with van der Waals surface area (Å²) in [5, 5.41) is 3.20. The van der Waals surface area contributed by atoms with Crippen LogP contribution in [0, 0.1) is 0 Å². The number of aromatic nitrogens is 2. The molecule has 0 atom stereocenters. The molecule has 0 aromatic carbocycles. The second kappa shape index (κ2) is 7.69. The van der Waals surface area contributed by atoms with Crippen molar-refractivity contribution in [3.8, 4) is 5.88 Å². The summed E-state index contributed by atoms with van der Waals surface area (Å²) in [6.45, 7) is 11.5. The van der Waals surface area contributed by atoms with Crippen LogP contribution in [0.4, 0.5) is 5.82 Å². The van der Waals surface area contributed by atoms with Crippen LogP contribution in [0.1, 0.15) is 39.4 Å². The van der Waals surface area contributed by atoms with Gasteiger partial charge in [0, 0.05) is 25.5 Å². The van der Waals surface area contributed by atoms with Gasteiger partial charge in [-0.2, -0.15) is 4.98 Å². The maximum atomic E-state index is 5.64. The van der Waals surface area contributed by atoms with E-state index < -0.39 is 0 Å². The average molecular weight is 249 g/mol. The molecule has 4 heteroatoms. The van der Waals surface area contributed by atoms with Gasteiger partial charge < -0.3 is 10.1 Å². The Kier molecular flexibility index (Phi) is 6.19. The van der Waals surface area contributed by atoms with Gasteiger partial charge >= 0.3 is 0 Å². The maximum Gasteiger partial charge on any atom is 0.218 e. The maximum absolute atomic E-state index is 5.64. The van der Waals surface area contributed by atoms with Gasteiger partial charge in [0.05, 0.1) is 6.61 Å². The number of nitrogens with zero attached hydrogens (tertiary/aromatic N) is 2. The number of ether oxygens (including phenoxy) is 1. The Balaban J connectivity index is 2.71. The Bertz CT molecular complexity index is 366. The van der Waals surface area contributed by atoms with Crippen molar-refractivity contribution in [2.75, 3.05) is 18.5 Å². The van der Waals surface area contributed by atoms with Crippen molar-refractivity contribution in [1.82, 2.24) is 9.97 Å². The topological polar surface area (TPSA) is 47.0 Å². The predicted molar refractivity (Wildman–Crippen MR) is 75.1 cm³/mol. The monoisotopic (exact) mass is 249 g/mol. The second-order valence-corrected chi connectivity index (χ2v) is 4.34. The largest absolute Gasteiger partial charge is 0.477 e. The van der Waals surface area contributed by atoms with E-state index in [0.717, 1.165) is 43.0 Å². The summed E-state index contributed by atoms with van der Waals surface area (Å²) in [4.78, 5) is 8.84. The van der Waals surface area contributed by atoms with Gasteiger partial charge in [-0.25, -0.2) is 4.98 Å². The minimum Gasteiger partial charge on any atom is -0.477 e. The van der Waals surface area contributed by atoms with Crippen LogP contribution in [0.2, 0.25) is 0 Å². The first-order valence-corrected chi connectivity index (χ1v) is 6.54. The lowest BCUT2D eigenvalue weighted by Crippen LogP contribution is -2.07. The molecular formula is C14H23N3O. The summed E-state index contributed by atoms with van der Waals surface area (Å²) in [7, 11) is 0. The molecule has 1 rings (SSSR count). The molecule has 0 aliphatic heterocycles. The van der Waals surface area contributed by atoms with Crippen molar-refractivity contribution < 1.29 is 4.74 Å². The van der Waals surface area contributed by atoms with Gasteiger partial charge in [0.25, 0.3) is 0 Å². The number of aryl methyl sites for hydroxylation is 1. The van der Waals surface area contributed by atoms with E-state index in [-0.39, 0.29) is 0 Å². The Morgan fingerprint density at radius 1 is 1.39 bits per heavy atom. The molecule has 0 fully saturated rings. The van der Waals surface area contributed by atoms with Crippen LogP contribution in [0.5, 0.6) is 5.88 Å². The zero-order chi connectivity index (χ0) is 13.4. The molecule has 1 N–H and O–H groups in total. The third-order valence-corrected chi connectivity index (χ3v) is 2.36. The molecule has 18 heavy (non-hydrogen) atoms. The highest BCUT2D eigenvalue weighted by atomic mass is 16.5. The molecule has 0 amide bonds. The van der Waals surface area contributed by atoms with Gasteiger partial charge in [0.2, 0.25) is 5.88 Å². The fourth-order valence-electron chi connectivity index (χ4n) is 1.48. The van der Waals surface area contributed by atoms with E-state index in [1.807, 2.05) is 19.9 Å². The van der Waals surface area contributed by atoms with Gasteiger partial charge in [-0.1, -0.05) is 12.5 Å². The molecule has 0 saturated heterocycles. The summed E-state index contributed by atoms with van der Waals surface area (Å²) >= 11 is 0. The van der Waals surface area contributed by atoms with Crippen molar-refractivity contribution >= 4 is 5.82 Å². The molecule has 1 aromatic heterocycles. The predicted octanol–water partition coefficient (Wildman–Crippen LogP) is 3.21. The van der Waals surface area contributed by atoms with Crippen LogP contribution in [0.3, 0.4) is 0 Å². The Morgan fingerprint density at radius 3 is 2.78 bits per heavy atom. The number of rotatable bonds is 8. The zero-order valence-corrected chi connectivity index (χ0v) is 11.6. The van der Waals surface area contributed by atoms with E-state index in [2.05, 4.69) is 28.8 Å². The second-order valence-electron chi connectivity index (χ2n) is 4.34. The number of hydrogen-bond donors (Lipinski definition) is 1. The van der Waals surface area contributed by atoms with Crippen molar-refractivity contribution in [2.45, 2.75) is 40.0 Å². The van der Waals surface area contributed by atoms with Gasteiger partial charge in [0.1, 0.15) is 11.6 Å². The first-order valence-electron chi connectivity index (χ1n) is 6.54. The van der Waals surface area contributed by atoms with E-state index in [0.29, 0.717) is 12.5 Å². The van der Waals surface area contributed by atoms with Crippen LogP contribution in [0.15, 0.2) is 18.2 Å². The fraction of sp³-hybridized carbons (Fsp3) is 0.571. The van der Waals surface area contributed by atoms with Crippen LogP contribution < -0.4 is 10.1 Å². The molecule has 0 radical (unpaired) electrons. The molecule has 1 heterocycles. The first kappa shape index (κ1) is 14.5. The molecule has 4 nitrogen and oxygen atoms in total. The zero-order valence-electron chi connectivity index (χ0n) is 11.6. The van der Waals surface area contributed by atoms with Gasteiger partial charge in [-0.15, -0.1) is 6.58 Å². The molecule has 0 spiro atoms. The summed E-state index contributed by atoms with van der Waals surface area (Å²) < 4.78 is 5.64. The molecular weight excluding hydrogens is 226 g/mol. The number of hydrogen-bond acceptors (Lipinski definition) is 4. The van der Waals surface area contributed by atoms with E-state index in [1.54, 1.807) is 0 Å². The highest BCUT2D eigenvalue weighted by Gasteiger charge is 2.04. The summed E-state index contributed by atoms with van der Waals surface area (Å²) in [5.74, 6) is 2.31. The summed E-state index contributed by atoms with van der Waals surface area (Å²) in [6.07, 6.45) is 2.75. The lowest BCUT2D eigenvalue weighted by molar-refractivity contribution is 0.308. The Hall–Kier alpha value is -1.58. The van der Waals surface area contributed by atoms with Gasteiger partial charge in [-0.05, 0) is 20.3 Å². The Morgan fingerprint density at radius 2 is 2.17 bits per heavy atom. The minimum absolute atomic E-state index is 0.615. The molecule has 0 bridgehead atoms. The third-order valence-electron chi connectivity index (χ3n) is 2.36. The highest BCUT2D eigenvalue weighted by molar-refractivity contribution is 5.38. The number of anilines is 1. The summed E-state index contributed by atoms with van der Waals surface area (Å²) in [5.41, 5.74) is 1.12.